The Bertz CT molecular complexity index is 439. The minimum atomic E-state index is -0.319. The van der Waals surface area contributed by atoms with E-state index in [4.69, 9.17) is 9.47 Å². The molecule has 0 spiro atoms. The van der Waals surface area contributed by atoms with E-state index < -0.39 is 0 Å². The number of aliphatic hydroxyl groups excluding tert-OH is 1. The molecule has 0 amide bonds. The van der Waals surface area contributed by atoms with Crippen molar-refractivity contribution in [2.45, 2.75) is 50.9 Å². The first kappa shape index (κ1) is 10.9. The van der Waals surface area contributed by atoms with E-state index in [0.717, 1.165) is 30.8 Å². The predicted molar refractivity (Wildman–Crippen MR) is 64.5 cm³/mol. The molecule has 3 heteroatoms. The normalized spacial score (nSPS) is 29.1. The Morgan fingerprint density at radius 3 is 2.82 bits per heavy atom. The third-order valence-corrected chi connectivity index (χ3v) is 3.51. The van der Waals surface area contributed by atoms with Crippen molar-refractivity contribution in [2.24, 2.45) is 0 Å². The van der Waals surface area contributed by atoms with Crippen LogP contribution in [0.2, 0.25) is 0 Å². The molecule has 0 saturated heterocycles. The Morgan fingerprint density at radius 2 is 2.18 bits per heavy atom. The maximum Gasteiger partial charge on any atom is 0.165 e. The van der Waals surface area contributed by atoms with Crippen LogP contribution in [0.4, 0.5) is 0 Å². The summed E-state index contributed by atoms with van der Waals surface area (Å²) in [6.45, 7) is 4.16. The Kier molecular flexibility index (Phi) is 2.33. The van der Waals surface area contributed by atoms with Crippen molar-refractivity contribution in [3.63, 3.8) is 0 Å². The zero-order chi connectivity index (χ0) is 12.0. The lowest BCUT2D eigenvalue weighted by atomic mass is 9.92. The van der Waals surface area contributed by atoms with Crippen molar-refractivity contribution in [3.05, 3.63) is 23.8 Å². The van der Waals surface area contributed by atoms with Crippen LogP contribution in [0.3, 0.4) is 0 Å². The minimum Gasteiger partial charge on any atom is -0.484 e. The molecule has 1 aromatic carbocycles. The lowest BCUT2D eigenvalue weighted by molar-refractivity contribution is -0.0379. The van der Waals surface area contributed by atoms with Crippen LogP contribution in [0.15, 0.2) is 18.2 Å². The SMILES string of the molecule is CC1(C)Cc2cccc(OC3CCC3O)c2O1. The number of ether oxygens (including phenoxy) is 2. The molecule has 17 heavy (non-hydrogen) atoms. The van der Waals surface area contributed by atoms with E-state index in [1.165, 1.54) is 5.56 Å². The monoisotopic (exact) mass is 234 g/mol. The largest absolute Gasteiger partial charge is 0.484 e. The summed E-state index contributed by atoms with van der Waals surface area (Å²) in [4.78, 5) is 0. The summed E-state index contributed by atoms with van der Waals surface area (Å²) < 4.78 is 11.7. The van der Waals surface area contributed by atoms with Crippen LogP contribution in [-0.4, -0.2) is 22.9 Å². The van der Waals surface area contributed by atoms with Gasteiger partial charge in [-0.3, -0.25) is 0 Å². The van der Waals surface area contributed by atoms with E-state index in [0.29, 0.717) is 0 Å². The van der Waals surface area contributed by atoms with Gasteiger partial charge >= 0.3 is 0 Å². The maximum atomic E-state index is 9.55. The van der Waals surface area contributed by atoms with Gasteiger partial charge in [-0.2, -0.15) is 0 Å². The van der Waals surface area contributed by atoms with Gasteiger partial charge in [-0.05, 0) is 32.8 Å². The molecule has 1 aliphatic heterocycles. The van der Waals surface area contributed by atoms with Gasteiger partial charge in [0.05, 0.1) is 6.10 Å². The molecule has 0 aromatic heterocycles. The summed E-state index contributed by atoms with van der Waals surface area (Å²) in [5.74, 6) is 1.63. The molecule has 2 atom stereocenters. The molecular weight excluding hydrogens is 216 g/mol. The Balaban J connectivity index is 1.85. The summed E-state index contributed by atoms with van der Waals surface area (Å²) in [7, 11) is 0. The number of fused-ring (bicyclic) bond motifs is 1. The maximum absolute atomic E-state index is 9.55. The first-order valence-corrected chi connectivity index (χ1v) is 6.21. The number of rotatable bonds is 2. The minimum absolute atomic E-state index is 0.0613. The molecule has 1 aromatic rings. The quantitative estimate of drug-likeness (QED) is 0.853. The highest BCUT2D eigenvalue weighted by molar-refractivity contribution is 5.50. The molecule has 92 valence electrons. The summed E-state index contributed by atoms with van der Waals surface area (Å²) in [6.07, 6.45) is 2.29. The molecule has 1 aliphatic carbocycles. The Hall–Kier alpha value is -1.22. The van der Waals surface area contributed by atoms with Gasteiger partial charge in [0.2, 0.25) is 0 Å². The van der Waals surface area contributed by atoms with E-state index in [-0.39, 0.29) is 17.8 Å². The van der Waals surface area contributed by atoms with E-state index in [1.54, 1.807) is 0 Å². The fourth-order valence-electron chi connectivity index (χ4n) is 2.43. The second kappa shape index (κ2) is 3.64. The third kappa shape index (κ3) is 1.89. The molecule has 1 fully saturated rings. The average molecular weight is 234 g/mol. The van der Waals surface area contributed by atoms with Crippen LogP contribution >= 0.6 is 0 Å². The van der Waals surface area contributed by atoms with Gasteiger partial charge in [-0.1, -0.05) is 12.1 Å². The smallest absolute Gasteiger partial charge is 0.165 e. The highest BCUT2D eigenvalue weighted by atomic mass is 16.5. The van der Waals surface area contributed by atoms with Crippen LogP contribution in [0, 0.1) is 0 Å². The Morgan fingerprint density at radius 1 is 1.35 bits per heavy atom. The number of hydrogen-bond acceptors (Lipinski definition) is 3. The average Bonchev–Trinajstić information content (AvgIpc) is 2.58. The highest BCUT2D eigenvalue weighted by Crippen LogP contribution is 2.43. The summed E-state index contributed by atoms with van der Waals surface area (Å²) >= 11 is 0. The van der Waals surface area contributed by atoms with Gasteiger partial charge in [0.1, 0.15) is 11.7 Å². The second-order valence-electron chi connectivity index (χ2n) is 5.58. The molecule has 1 saturated carbocycles. The number of hydrogen-bond donors (Lipinski definition) is 1. The molecule has 1 heterocycles. The van der Waals surface area contributed by atoms with Gasteiger partial charge in [0, 0.05) is 12.0 Å². The fraction of sp³-hybridized carbons (Fsp3) is 0.571. The second-order valence-corrected chi connectivity index (χ2v) is 5.58. The van der Waals surface area contributed by atoms with Crippen molar-refractivity contribution < 1.29 is 14.6 Å². The van der Waals surface area contributed by atoms with E-state index in [1.807, 2.05) is 12.1 Å². The number of para-hydroxylation sites is 1. The van der Waals surface area contributed by atoms with Gasteiger partial charge in [0.25, 0.3) is 0 Å². The van der Waals surface area contributed by atoms with Crippen molar-refractivity contribution in [1.82, 2.24) is 0 Å². The Labute approximate surface area is 101 Å². The van der Waals surface area contributed by atoms with Crippen molar-refractivity contribution in [3.8, 4) is 11.5 Å². The van der Waals surface area contributed by atoms with Crippen molar-refractivity contribution in [2.75, 3.05) is 0 Å². The summed E-state index contributed by atoms with van der Waals surface area (Å²) in [5, 5.41) is 9.55. The molecule has 2 unspecified atom stereocenters. The molecule has 3 rings (SSSR count). The van der Waals surface area contributed by atoms with E-state index in [2.05, 4.69) is 19.9 Å². The van der Waals surface area contributed by atoms with Crippen LogP contribution in [0.1, 0.15) is 32.3 Å². The molecule has 2 aliphatic rings. The van der Waals surface area contributed by atoms with Gasteiger partial charge in [0.15, 0.2) is 11.5 Å². The standard InChI is InChI=1S/C14H18O3/c1-14(2)8-9-4-3-5-12(13(9)17-14)16-11-7-6-10(11)15/h3-5,10-11,15H,6-8H2,1-2H3. The van der Waals surface area contributed by atoms with Gasteiger partial charge in [-0.15, -0.1) is 0 Å². The molecule has 1 N–H and O–H groups in total. The predicted octanol–water partition coefficient (Wildman–Crippen LogP) is 2.30. The number of benzene rings is 1. The van der Waals surface area contributed by atoms with Crippen molar-refractivity contribution in [1.29, 1.82) is 0 Å². The molecule has 0 bridgehead atoms. The lowest BCUT2D eigenvalue weighted by Crippen LogP contribution is -2.41. The number of aliphatic hydroxyl groups is 1. The van der Waals surface area contributed by atoms with Crippen LogP contribution < -0.4 is 9.47 Å². The molecular formula is C14H18O3. The van der Waals surface area contributed by atoms with Crippen LogP contribution in [0.25, 0.3) is 0 Å². The zero-order valence-electron chi connectivity index (χ0n) is 10.3. The summed E-state index contributed by atoms with van der Waals surface area (Å²) in [5.41, 5.74) is 1.04. The zero-order valence-corrected chi connectivity index (χ0v) is 10.3. The lowest BCUT2D eigenvalue weighted by Gasteiger charge is -2.33. The van der Waals surface area contributed by atoms with Gasteiger partial charge in [-0.25, -0.2) is 0 Å². The van der Waals surface area contributed by atoms with Crippen molar-refractivity contribution >= 4 is 0 Å². The summed E-state index contributed by atoms with van der Waals surface area (Å²) in [6, 6.07) is 5.99. The highest BCUT2D eigenvalue weighted by Gasteiger charge is 2.35. The van der Waals surface area contributed by atoms with Crippen LogP contribution in [-0.2, 0) is 6.42 Å². The van der Waals surface area contributed by atoms with E-state index >= 15 is 0 Å². The third-order valence-electron chi connectivity index (χ3n) is 3.51. The van der Waals surface area contributed by atoms with Gasteiger partial charge < -0.3 is 14.6 Å². The van der Waals surface area contributed by atoms with Crippen LogP contribution in [0.5, 0.6) is 11.5 Å². The first-order valence-electron chi connectivity index (χ1n) is 6.21. The topological polar surface area (TPSA) is 38.7 Å². The first-order chi connectivity index (χ1) is 8.05. The fourth-order valence-corrected chi connectivity index (χ4v) is 2.43. The molecule has 3 nitrogen and oxygen atoms in total. The molecule has 0 radical (unpaired) electrons. The van der Waals surface area contributed by atoms with E-state index in [9.17, 15) is 5.11 Å².